The molecule has 1 aliphatic rings. The normalized spacial score (nSPS) is 14.7. The Hall–Kier alpha value is -4.36. The third kappa shape index (κ3) is 8.10. The molecule has 0 unspecified atom stereocenters. The Kier molecular flexibility index (Phi) is 9.72. The van der Waals surface area contributed by atoms with Crippen molar-refractivity contribution in [3.8, 4) is 0 Å². The predicted molar refractivity (Wildman–Crippen MR) is 160 cm³/mol. The van der Waals surface area contributed by atoms with Crippen LogP contribution in [0.15, 0.2) is 48.5 Å². The summed E-state index contributed by atoms with van der Waals surface area (Å²) in [6.07, 6.45) is 2.50. The second kappa shape index (κ2) is 14.0. The van der Waals surface area contributed by atoms with Crippen molar-refractivity contribution < 1.29 is 14.3 Å². The zero-order valence-electron chi connectivity index (χ0n) is 23.5. The molecule has 42 heavy (non-hydrogen) atoms. The number of imidazole rings is 1. The molecule has 0 saturated carbocycles. The fourth-order valence-electron chi connectivity index (χ4n) is 4.85. The number of unbranched alkanes of at least 4 members (excludes halogenated alkanes) is 1. The van der Waals surface area contributed by atoms with Gasteiger partial charge >= 0.3 is 5.97 Å². The molecule has 0 aliphatic carbocycles. The van der Waals surface area contributed by atoms with Gasteiger partial charge in [-0.1, -0.05) is 24.3 Å². The van der Waals surface area contributed by atoms with Crippen LogP contribution in [0.25, 0.3) is 11.0 Å². The predicted octanol–water partition coefficient (Wildman–Crippen LogP) is 2.86. The quantitative estimate of drug-likeness (QED) is 0.140. The van der Waals surface area contributed by atoms with Crippen molar-refractivity contribution in [1.29, 1.82) is 0 Å². The number of piperazine rings is 1. The molecule has 2 aromatic heterocycles. The summed E-state index contributed by atoms with van der Waals surface area (Å²) < 4.78 is 13.3. The van der Waals surface area contributed by atoms with Gasteiger partial charge in [-0.15, -0.1) is 0 Å². The highest BCUT2D eigenvalue weighted by atomic mass is 19.1. The number of hydrogen-bond donors (Lipinski definition) is 5. The minimum absolute atomic E-state index is 0.228. The molecule has 1 saturated heterocycles. The van der Waals surface area contributed by atoms with Crippen LogP contribution < -0.4 is 21.3 Å². The van der Waals surface area contributed by atoms with E-state index in [0.717, 1.165) is 61.6 Å². The van der Waals surface area contributed by atoms with Crippen molar-refractivity contribution >= 4 is 34.8 Å². The molecule has 222 valence electrons. The van der Waals surface area contributed by atoms with E-state index < -0.39 is 12.0 Å². The first kappa shape index (κ1) is 29.1. The standard InChI is InChI=1S/C29H37FN10O2/c30-21-10-8-20(9-11-21)19-39-15-17-40(18-16-39)29-37-27(32-13-4-3-5-22(31)26(41)42)36-28(38-29)33-14-12-25-34-23-6-1-2-7-24(23)35-25/h1-2,6-11,22H,3-5,12-19,31H2,(H,34,35)(H,41,42)(H2,32,33,36,37,38)/t22-/m0/s1. The number of aliphatic carboxylic acids is 1. The van der Waals surface area contributed by atoms with Crippen LogP contribution in [0.3, 0.4) is 0 Å². The number of aromatic amines is 1. The first-order chi connectivity index (χ1) is 20.4. The van der Waals surface area contributed by atoms with Crippen LogP contribution in [-0.2, 0) is 17.8 Å². The lowest BCUT2D eigenvalue weighted by atomic mass is 10.1. The number of para-hydroxylation sites is 2. The van der Waals surface area contributed by atoms with E-state index in [1.54, 1.807) is 0 Å². The summed E-state index contributed by atoms with van der Waals surface area (Å²) in [5.74, 6) is 1.19. The fourth-order valence-corrected chi connectivity index (χ4v) is 4.85. The molecule has 1 aliphatic heterocycles. The van der Waals surface area contributed by atoms with Crippen molar-refractivity contribution in [2.45, 2.75) is 38.3 Å². The molecular weight excluding hydrogens is 539 g/mol. The Balaban J connectivity index is 1.20. The Morgan fingerprint density at radius 2 is 1.67 bits per heavy atom. The molecule has 0 radical (unpaired) electrons. The number of fused-ring (bicyclic) bond motifs is 1. The van der Waals surface area contributed by atoms with Gasteiger partial charge in [-0.3, -0.25) is 9.69 Å². The van der Waals surface area contributed by atoms with Gasteiger partial charge < -0.3 is 31.4 Å². The average molecular weight is 577 g/mol. The molecule has 0 spiro atoms. The molecule has 5 rings (SSSR count). The topological polar surface area (TPSA) is 161 Å². The number of nitrogens with two attached hydrogens (primary N) is 1. The lowest BCUT2D eigenvalue weighted by molar-refractivity contribution is -0.138. The lowest BCUT2D eigenvalue weighted by Crippen LogP contribution is -2.46. The minimum atomic E-state index is -0.985. The highest BCUT2D eigenvalue weighted by molar-refractivity contribution is 5.74. The smallest absolute Gasteiger partial charge is 0.320 e. The van der Waals surface area contributed by atoms with Crippen molar-refractivity contribution in [2.24, 2.45) is 5.73 Å². The number of hydrogen-bond acceptors (Lipinski definition) is 10. The van der Waals surface area contributed by atoms with Crippen LogP contribution >= 0.6 is 0 Å². The maximum atomic E-state index is 13.3. The molecule has 2 aromatic carbocycles. The van der Waals surface area contributed by atoms with E-state index in [1.165, 1.54) is 12.1 Å². The number of carbonyl (C=O) groups is 1. The van der Waals surface area contributed by atoms with Gasteiger partial charge in [-0.2, -0.15) is 15.0 Å². The van der Waals surface area contributed by atoms with Crippen LogP contribution in [0.1, 0.15) is 30.7 Å². The molecule has 6 N–H and O–H groups in total. The Bertz CT molecular complexity index is 1420. The molecule has 0 bridgehead atoms. The van der Waals surface area contributed by atoms with Crippen LogP contribution in [-0.4, -0.2) is 86.2 Å². The summed E-state index contributed by atoms with van der Waals surface area (Å²) in [4.78, 5) is 37.4. The largest absolute Gasteiger partial charge is 0.480 e. The van der Waals surface area contributed by atoms with Gasteiger partial charge in [-0.25, -0.2) is 9.37 Å². The monoisotopic (exact) mass is 576 g/mol. The Labute approximate surface area is 243 Å². The maximum Gasteiger partial charge on any atom is 0.320 e. The van der Waals surface area contributed by atoms with Crippen LogP contribution in [0, 0.1) is 5.82 Å². The molecule has 12 nitrogen and oxygen atoms in total. The molecular formula is C29H37FN10O2. The number of carboxylic acids is 1. The molecule has 1 atom stereocenters. The van der Waals surface area contributed by atoms with E-state index in [0.29, 0.717) is 50.2 Å². The van der Waals surface area contributed by atoms with Crippen molar-refractivity contribution in [3.05, 3.63) is 65.7 Å². The van der Waals surface area contributed by atoms with E-state index in [4.69, 9.17) is 15.8 Å². The van der Waals surface area contributed by atoms with Crippen LogP contribution in [0.5, 0.6) is 0 Å². The summed E-state index contributed by atoms with van der Waals surface area (Å²) in [7, 11) is 0. The average Bonchev–Trinajstić information content (AvgIpc) is 3.41. The van der Waals surface area contributed by atoms with E-state index in [2.05, 4.69) is 40.4 Å². The van der Waals surface area contributed by atoms with Crippen LogP contribution in [0.2, 0.25) is 0 Å². The maximum absolute atomic E-state index is 13.3. The lowest BCUT2D eigenvalue weighted by Gasteiger charge is -2.34. The minimum Gasteiger partial charge on any atom is -0.480 e. The van der Waals surface area contributed by atoms with Gasteiger partial charge in [0.15, 0.2) is 0 Å². The number of anilines is 3. The number of nitrogens with one attached hydrogen (secondary N) is 3. The van der Waals surface area contributed by atoms with Crippen molar-refractivity contribution in [3.63, 3.8) is 0 Å². The van der Waals surface area contributed by atoms with Gasteiger partial charge in [-0.05, 0) is 49.1 Å². The van der Waals surface area contributed by atoms with Crippen molar-refractivity contribution in [1.82, 2.24) is 29.8 Å². The third-order valence-electron chi connectivity index (χ3n) is 7.22. The number of H-pyrrole nitrogens is 1. The SMILES string of the molecule is N[C@@H](CCCCNc1nc(NCCc2nc3ccccc3[nH]2)nc(N2CCN(Cc3ccc(F)cc3)CC2)n1)C(=O)O. The summed E-state index contributed by atoms with van der Waals surface area (Å²) in [6, 6.07) is 13.7. The molecule has 3 heterocycles. The second-order valence-corrected chi connectivity index (χ2v) is 10.4. The molecule has 1 fully saturated rings. The fraction of sp³-hybridized carbons (Fsp3) is 0.414. The highest BCUT2D eigenvalue weighted by Crippen LogP contribution is 2.18. The van der Waals surface area contributed by atoms with Gasteiger partial charge in [0.2, 0.25) is 17.8 Å². The van der Waals surface area contributed by atoms with Gasteiger partial charge in [0.1, 0.15) is 17.7 Å². The zero-order valence-corrected chi connectivity index (χ0v) is 23.5. The summed E-state index contributed by atoms with van der Waals surface area (Å²) in [5, 5.41) is 15.6. The van der Waals surface area contributed by atoms with E-state index in [1.807, 2.05) is 36.4 Å². The van der Waals surface area contributed by atoms with Gasteiger partial charge in [0.05, 0.1) is 11.0 Å². The summed E-state index contributed by atoms with van der Waals surface area (Å²) >= 11 is 0. The second-order valence-electron chi connectivity index (χ2n) is 10.4. The van der Waals surface area contributed by atoms with E-state index >= 15 is 0 Å². The highest BCUT2D eigenvalue weighted by Gasteiger charge is 2.21. The molecule has 0 amide bonds. The number of rotatable bonds is 14. The first-order valence-electron chi connectivity index (χ1n) is 14.3. The third-order valence-corrected chi connectivity index (χ3v) is 7.22. The number of carboxylic acid groups (broad SMARTS) is 1. The summed E-state index contributed by atoms with van der Waals surface area (Å²) in [5.41, 5.74) is 8.63. The first-order valence-corrected chi connectivity index (χ1v) is 14.3. The number of nitrogens with zero attached hydrogens (tertiary/aromatic N) is 6. The van der Waals surface area contributed by atoms with Gasteiger partial charge in [0, 0.05) is 52.2 Å². The van der Waals surface area contributed by atoms with Crippen LogP contribution in [0.4, 0.5) is 22.2 Å². The van der Waals surface area contributed by atoms with Crippen molar-refractivity contribution in [2.75, 3.05) is 54.8 Å². The molecule has 4 aromatic rings. The van der Waals surface area contributed by atoms with E-state index in [-0.39, 0.29) is 5.82 Å². The van der Waals surface area contributed by atoms with E-state index in [9.17, 15) is 9.18 Å². The number of benzene rings is 2. The molecule has 13 heteroatoms. The Morgan fingerprint density at radius 3 is 2.38 bits per heavy atom. The number of aromatic nitrogens is 5. The van der Waals surface area contributed by atoms with Gasteiger partial charge in [0.25, 0.3) is 0 Å². The number of halogens is 1. The Morgan fingerprint density at radius 1 is 0.952 bits per heavy atom. The zero-order chi connectivity index (χ0) is 29.3. The summed E-state index contributed by atoms with van der Waals surface area (Å²) in [6.45, 7) is 5.07.